The maximum absolute atomic E-state index is 12.0. The molecule has 0 spiro atoms. The lowest BCUT2D eigenvalue weighted by Gasteiger charge is -2.13. The number of hydrazone groups is 1. The minimum Gasteiger partial charge on any atom is -0.398 e. The zero-order valence-electron chi connectivity index (χ0n) is 13.9. The molecule has 5 N–H and O–H groups in total. The highest BCUT2D eigenvalue weighted by molar-refractivity contribution is 6.14. The first-order valence-corrected chi connectivity index (χ1v) is 7.66. The third-order valence-electron chi connectivity index (χ3n) is 3.63. The summed E-state index contributed by atoms with van der Waals surface area (Å²) in [6, 6.07) is 3.14. The Hall–Kier alpha value is -2.89. The van der Waals surface area contributed by atoms with Crippen molar-refractivity contribution >= 4 is 35.4 Å². The minimum atomic E-state index is -0.127. The summed E-state index contributed by atoms with van der Waals surface area (Å²) in [6.07, 6.45) is 5.89. The number of aldehydes is 1. The molecular weight excluding hydrogens is 304 g/mol. The Morgan fingerprint density at radius 3 is 2.75 bits per heavy atom. The fourth-order valence-corrected chi connectivity index (χ4v) is 2.30. The van der Waals surface area contributed by atoms with Crippen LogP contribution in [0.3, 0.4) is 0 Å². The molecule has 0 radical (unpaired) electrons. The number of hydrogen-bond acceptors (Lipinski definition) is 5. The zero-order chi connectivity index (χ0) is 18.1. The SMILES string of the molecule is C=CC(C)CCCC(=O)Nc1cc(N)c(C(=C)/C=N\N)c(C=O)c1. The molecular formula is C18H24N4O2. The molecule has 1 atom stereocenters. The Balaban J connectivity index is 2.85. The summed E-state index contributed by atoms with van der Waals surface area (Å²) in [6.45, 7) is 9.55. The molecule has 0 saturated carbocycles. The van der Waals surface area contributed by atoms with Gasteiger partial charge < -0.3 is 16.9 Å². The summed E-state index contributed by atoms with van der Waals surface area (Å²) in [4.78, 5) is 23.3. The van der Waals surface area contributed by atoms with Gasteiger partial charge in [0.2, 0.25) is 5.91 Å². The maximum atomic E-state index is 12.0. The van der Waals surface area contributed by atoms with E-state index in [2.05, 4.69) is 30.5 Å². The number of carbonyl (C=O) groups is 2. The first-order valence-electron chi connectivity index (χ1n) is 7.66. The number of allylic oxidation sites excluding steroid dienone is 2. The number of nitrogens with two attached hydrogens (primary N) is 2. The third kappa shape index (κ3) is 5.39. The Morgan fingerprint density at radius 2 is 2.17 bits per heavy atom. The van der Waals surface area contributed by atoms with Gasteiger partial charge in [-0.15, -0.1) is 6.58 Å². The maximum Gasteiger partial charge on any atom is 0.224 e. The molecule has 6 nitrogen and oxygen atoms in total. The molecule has 0 saturated heterocycles. The number of amides is 1. The normalized spacial score (nSPS) is 11.9. The fraction of sp³-hybridized carbons (Fsp3) is 0.278. The van der Waals surface area contributed by atoms with Crippen molar-refractivity contribution in [3.63, 3.8) is 0 Å². The van der Waals surface area contributed by atoms with Crippen molar-refractivity contribution in [1.29, 1.82) is 0 Å². The molecule has 1 rings (SSSR count). The van der Waals surface area contributed by atoms with Gasteiger partial charge in [-0.1, -0.05) is 19.6 Å². The van der Waals surface area contributed by atoms with Crippen LogP contribution in [0.15, 0.2) is 36.5 Å². The lowest BCUT2D eigenvalue weighted by molar-refractivity contribution is -0.116. The van der Waals surface area contributed by atoms with Crippen molar-refractivity contribution in [2.24, 2.45) is 16.9 Å². The summed E-state index contributed by atoms with van der Waals surface area (Å²) in [7, 11) is 0. The minimum absolute atomic E-state index is 0.127. The van der Waals surface area contributed by atoms with E-state index in [4.69, 9.17) is 11.6 Å². The molecule has 1 aromatic rings. The van der Waals surface area contributed by atoms with Crippen LogP contribution >= 0.6 is 0 Å². The number of anilines is 2. The van der Waals surface area contributed by atoms with E-state index in [1.54, 1.807) is 12.1 Å². The quantitative estimate of drug-likeness (QED) is 0.162. The van der Waals surface area contributed by atoms with E-state index >= 15 is 0 Å². The van der Waals surface area contributed by atoms with Crippen LogP contribution in [0, 0.1) is 5.92 Å². The molecule has 0 fully saturated rings. The Bertz CT molecular complexity index is 665. The molecule has 0 bridgehead atoms. The van der Waals surface area contributed by atoms with Crippen molar-refractivity contribution in [3.05, 3.63) is 42.5 Å². The summed E-state index contributed by atoms with van der Waals surface area (Å²) >= 11 is 0. The second-order valence-corrected chi connectivity index (χ2v) is 5.60. The second-order valence-electron chi connectivity index (χ2n) is 5.60. The van der Waals surface area contributed by atoms with Gasteiger partial charge in [0.25, 0.3) is 0 Å². The number of nitrogens with one attached hydrogen (secondary N) is 1. The smallest absolute Gasteiger partial charge is 0.224 e. The molecule has 1 amide bonds. The summed E-state index contributed by atoms with van der Waals surface area (Å²) < 4.78 is 0. The lowest BCUT2D eigenvalue weighted by atomic mass is 9.99. The van der Waals surface area contributed by atoms with Crippen LogP contribution < -0.4 is 16.9 Å². The average Bonchev–Trinajstić information content (AvgIpc) is 2.53. The van der Waals surface area contributed by atoms with E-state index in [-0.39, 0.29) is 5.91 Å². The van der Waals surface area contributed by atoms with Gasteiger partial charge in [0.15, 0.2) is 6.29 Å². The Morgan fingerprint density at radius 1 is 1.46 bits per heavy atom. The molecule has 128 valence electrons. The van der Waals surface area contributed by atoms with Crippen LogP contribution in [0.2, 0.25) is 0 Å². The van der Waals surface area contributed by atoms with Crippen LogP contribution in [0.4, 0.5) is 11.4 Å². The van der Waals surface area contributed by atoms with E-state index in [1.165, 1.54) is 6.21 Å². The van der Waals surface area contributed by atoms with Gasteiger partial charge in [0.1, 0.15) is 0 Å². The first-order chi connectivity index (χ1) is 11.4. The van der Waals surface area contributed by atoms with Crippen LogP contribution in [0.25, 0.3) is 5.57 Å². The van der Waals surface area contributed by atoms with Crippen molar-refractivity contribution in [2.45, 2.75) is 26.2 Å². The van der Waals surface area contributed by atoms with Gasteiger partial charge in [0.05, 0.1) is 6.21 Å². The zero-order valence-corrected chi connectivity index (χ0v) is 13.9. The highest BCUT2D eigenvalue weighted by Crippen LogP contribution is 2.27. The monoisotopic (exact) mass is 328 g/mol. The fourth-order valence-electron chi connectivity index (χ4n) is 2.30. The molecule has 0 heterocycles. The van der Waals surface area contributed by atoms with Gasteiger partial charge in [-0.05, 0) is 36.5 Å². The highest BCUT2D eigenvalue weighted by Gasteiger charge is 2.12. The number of benzene rings is 1. The summed E-state index contributed by atoms with van der Waals surface area (Å²) in [5.41, 5.74) is 7.96. The van der Waals surface area contributed by atoms with Crippen molar-refractivity contribution < 1.29 is 9.59 Å². The van der Waals surface area contributed by atoms with Crippen LogP contribution in [-0.2, 0) is 4.79 Å². The molecule has 0 aromatic heterocycles. The summed E-state index contributed by atoms with van der Waals surface area (Å²) in [5.74, 6) is 5.35. The van der Waals surface area contributed by atoms with Gasteiger partial charge in [0, 0.05) is 28.9 Å². The van der Waals surface area contributed by atoms with Crippen molar-refractivity contribution in [3.8, 4) is 0 Å². The Labute approximate surface area is 142 Å². The summed E-state index contributed by atoms with van der Waals surface area (Å²) in [5, 5.41) is 6.14. The largest absolute Gasteiger partial charge is 0.398 e. The number of nitrogens with zero attached hydrogens (tertiary/aromatic N) is 1. The highest BCUT2D eigenvalue weighted by atomic mass is 16.1. The topological polar surface area (TPSA) is 111 Å². The number of hydrogen-bond donors (Lipinski definition) is 3. The predicted molar refractivity (Wildman–Crippen MR) is 99.8 cm³/mol. The van der Waals surface area contributed by atoms with Gasteiger partial charge in [-0.3, -0.25) is 9.59 Å². The van der Waals surface area contributed by atoms with E-state index in [0.29, 0.717) is 46.7 Å². The van der Waals surface area contributed by atoms with E-state index < -0.39 is 0 Å². The van der Waals surface area contributed by atoms with Crippen LogP contribution in [0.1, 0.15) is 42.1 Å². The van der Waals surface area contributed by atoms with Crippen molar-refractivity contribution in [2.75, 3.05) is 11.1 Å². The van der Waals surface area contributed by atoms with E-state index in [9.17, 15) is 9.59 Å². The molecule has 0 aliphatic carbocycles. The van der Waals surface area contributed by atoms with Gasteiger partial charge in [-0.2, -0.15) is 5.10 Å². The number of rotatable bonds is 9. The molecule has 1 aromatic carbocycles. The molecule has 1 unspecified atom stereocenters. The molecule has 6 heteroatoms. The molecule has 0 aliphatic rings. The van der Waals surface area contributed by atoms with Crippen LogP contribution in [-0.4, -0.2) is 18.4 Å². The third-order valence-corrected chi connectivity index (χ3v) is 3.63. The number of nitrogen functional groups attached to an aromatic ring is 1. The Kier molecular flexibility index (Phi) is 7.42. The van der Waals surface area contributed by atoms with Crippen LogP contribution in [0.5, 0.6) is 0 Å². The van der Waals surface area contributed by atoms with Gasteiger partial charge >= 0.3 is 0 Å². The molecule has 24 heavy (non-hydrogen) atoms. The molecule has 0 aliphatic heterocycles. The van der Waals surface area contributed by atoms with E-state index in [1.807, 2.05) is 6.08 Å². The first kappa shape index (κ1) is 19.2. The predicted octanol–water partition coefficient (Wildman–Crippen LogP) is 2.97. The van der Waals surface area contributed by atoms with E-state index in [0.717, 1.165) is 12.8 Å². The number of carbonyl (C=O) groups excluding carboxylic acids is 2. The second kappa shape index (κ2) is 9.29. The van der Waals surface area contributed by atoms with Crippen molar-refractivity contribution in [1.82, 2.24) is 0 Å². The average molecular weight is 328 g/mol. The lowest BCUT2D eigenvalue weighted by Crippen LogP contribution is -2.13. The standard InChI is InChI=1S/C18H24N4O2/c1-4-12(2)6-5-7-17(24)22-15-8-14(11-23)18(16(19)9-15)13(3)10-21-20/h4,8-12H,1,3,5-7,19-20H2,2H3,(H,22,24)/b21-10-. The van der Waals surface area contributed by atoms with Gasteiger partial charge in [-0.25, -0.2) is 0 Å².